The van der Waals surface area contributed by atoms with Gasteiger partial charge < -0.3 is 5.73 Å². The molecule has 3 atom stereocenters. The van der Waals surface area contributed by atoms with Crippen LogP contribution in [0.25, 0.3) is 0 Å². The van der Waals surface area contributed by atoms with Gasteiger partial charge in [-0.1, -0.05) is 32.1 Å². The molecule has 1 aliphatic carbocycles. The molecule has 17 heavy (non-hydrogen) atoms. The number of fused-ring (bicyclic) bond motifs is 2. The molecule has 0 amide bonds. The van der Waals surface area contributed by atoms with Crippen LogP contribution in [0.3, 0.4) is 0 Å². The van der Waals surface area contributed by atoms with Gasteiger partial charge in [0.2, 0.25) is 0 Å². The fourth-order valence-electron chi connectivity index (χ4n) is 4.61. The van der Waals surface area contributed by atoms with E-state index in [-0.39, 0.29) is 0 Å². The van der Waals surface area contributed by atoms with Crippen LogP contribution in [0.15, 0.2) is 0 Å². The average Bonchev–Trinajstić information content (AvgIpc) is 2.56. The molecule has 0 aromatic carbocycles. The summed E-state index contributed by atoms with van der Waals surface area (Å²) in [6, 6.07) is 3.06. The van der Waals surface area contributed by atoms with Crippen LogP contribution in [-0.4, -0.2) is 29.1 Å². The average molecular weight is 236 g/mol. The Morgan fingerprint density at radius 2 is 1.18 bits per heavy atom. The minimum atomic E-state index is 0.493. The zero-order valence-corrected chi connectivity index (χ0v) is 11.1. The van der Waals surface area contributed by atoms with Crippen molar-refractivity contribution in [2.24, 2.45) is 5.73 Å². The molecule has 1 unspecified atom stereocenters. The lowest BCUT2D eigenvalue weighted by atomic mass is 9.80. The largest absolute Gasteiger partial charge is 0.328 e. The third kappa shape index (κ3) is 2.53. The molecule has 3 rings (SSSR count). The van der Waals surface area contributed by atoms with Gasteiger partial charge in [0, 0.05) is 24.2 Å². The fourth-order valence-corrected chi connectivity index (χ4v) is 4.61. The molecule has 2 heteroatoms. The number of nitrogens with two attached hydrogens (primary N) is 1. The molecule has 0 aromatic rings. The lowest BCUT2D eigenvalue weighted by Gasteiger charge is -2.51. The van der Waals surface area contributed by atoms with Gasteiger partial charge in [-0.25, -0.2) is 0 Å². The minimum Gasteiger partial charge on any atom is -0.328 e. The summed E-state index contributed by atoms with van der Waals surface area (Å²) in [5, 5.41) is 0. The molecule has 98 valence electrons. The summed E-state index contributed by atoms with van der Waals surface area (Å²) in [5.41, 5.74) is 6.22. The van der Waals surface area contributed by atoms with E-state index in [1.807, 2.05) is 0 Å². The first kappa shape index (κ1) is 12.0. The Labute approximate surface area is 106 Å². The second-order valence-electron chi connectivity index (χ2n) is 6.56. The summed E-state index contributed by atoms with van der Waals surface area (Å²) in [4.78, 5) is 2.93. The summed E-state index contributed by atoms with van der Waals surface area (Å²) in [5.74, 6) is 0. The van der Waals surface area contributed by atoms with Crippen LogP contribution < -0.4 is 5.73 Å². The molecule has 2 heterocycles. The lowest BCUT2D eigenvalue weighted by Crippen LogP contribution is -2.58. The van der Waals surface area contributed by atoms with Crippen molar-refractivity contribution in [3.8, 4) is 0 Å². The summed E-state index contributed by atoms with van der Waals surface area (Å²) in [6.45, 7) is 0. The maximum absolute atomic E-state index is 6.22. The first-order valence-electron chi connectivity index (χ1n) is 7.87. The van der Waals surface area contributed by atoms with Crippen LogP contribution in [0.1, 0.15) is 70.6 Å². The predicted molar refractivity (Wildman–Crippen MR) is 72.0 cm³/mol. The summed E-state index contributed by atoms with van der Waals surface area (Å²) < 4.78 is 0. The van der Waals surface area contributed by atoms with E-state index in [1.165, 1.54) is 70.6 Å². The highest BCUT2D eigenvalue weighted by atomic mass is 15.2. The molecule has 0 radical (unpaired) electrons. The Morgan fingerprint density at radius 3 is 1.76 bits per heavy atom. The highest BCUT2D eigenvalue weighted by molar-refractivity contribution is 4.97. The molecule has 2 aliphatic heterocycles. The van der Waals surface area contributed by atoms with E-state index >= 15 is 0 Å². The molecule has 1 saturated carbocycles. The van der Waals surface area contributed by atoms with E-state index < -0.39 is 0 Å². The first-order chi connectivity index (χ1) is 8.34. The van der Waals surface area contributed by atoms with Gasteiger partial charge in [0.05, 0.1) is 0 Å². The summed E-state index contributed by atoms with van der Waals surface area (Å²) in [6.07, 6.45) is 15.6. The van der Waals surface area contributed by atoms with Crippen molar-refractivity contribution in [2.45, 2.75) is 94.8 Å². The Balaban J connectivity index is 1.71. The monoisotopic (exact) mass is 236 g/mol. The highest BCUT2D eigenvalue weighted by Crippen LogP contribution is 2.38. The van der Waals surface area contributed by atoms with E-state index in [0.29, 0.717) is 6.04 Å². The molecular weight excluding hydrogens is 208 g/mol. The molecule has 2 N–H and O–H groups in total. The van der Waals surface area contributed by atoms with Crippen LogP contribution >= 0.6 is 0 Å². The van der Waals surface area contributed by atoms with E-state index in [4.69, 9.17) is 5.73 Å². The van der Waals surface area contributed by atoms with Crippen molar-refractivity contribution in [2.75, 3.05) is 0 Å². The van der Waals surface area contributed by atoms with Crippen molar-refractivity contribution in [3.05, 3.63) is 0 Å². The smallest absolute Gasteiger partial charge is 0.0116 e. The van der Waals surface area contributed by atoms with Crippen molar-refractivity contribution >= 4 is 0 Å². The first-order valence-corrected chi connectivity index (χ1v) is 7.87. The molecule has 3 fully saturated rings. The van der Waals surface area contributed by atoms with Gasteiger partial charge in [0.15, 0.2) is 0 Å². The van der Waals surface area contributed by atoms with Gasteiger partial charge in [0.25, 0.3) is 0 Å². The number of hydrogen-bond donors (Lipinski definition) is 1. The second kappa shape index (κ2) is 5.27. The van der Waals surface area contributed by atoms with E-state index in [1.54, 1.807) is 0 Å². The Morgan fingerprint density at radius 1 is 0.647 bits per heavy atom. The van der Waals surface area contributed by atoms with Crippen LogP contribution in [0.2, 0.25) is 0 Å². The Hall–Kier alpha value is -0.0800. The molecule has 3 aliphatic rings. The van der Waals surface area contributed by atoms with Gasteiger partial charge in [-0.3, -0.25) is 4.90 Å². The molecule has 0 spiro atoms. The second-order valence-corrected chi connectivity index (χ2v) is 6.56. The predicted octanol–water partition coefficient (Wildman–Crippen LogP) is 3.05. The molecule has 2 bridgehead atoms. The van der Waals surface area contributed by atoms with Crippen molar-refractivity contribution < 1.29 is 0 Å². The fraction of sp³-hybridized carbons (Fsp3) is 1.00. The molecular formula is C15H28N2. The number of rotatable bonds is 1. The third-order valence-electron chi connectivity index (χ3n) is 5.31. The lowest BCUT2D eigenvalue weighted by molar-refractivity contribution is -0.0102. The molecule has 2 nitrogen and oxygen atoms in total. The maximum Gasteiger partial charge on any atom is 0.0116 e. The topological polar surface area (TPSA) is 29.3 Å². The van der Waals surface area contributed by atoms with Crippen LogP contribution in [0.4, 0.5) is 0 Å². The zero-order valence-electron chi connectivity index (χ0n) is 11.1. The summed E-state index contributed by atoms with van der Waals surface area (Å²) in [7, 11) is 0. The SMILES string of the molecule is NC1C[C@H]2CCC[C@@H](C1)N2C1CCCCCC1. The number of hydrogen-bond acceptors (Lipinski definition) is 2. The standard InChI is InChI=1S/C15H28N2/c16-12-10-14-8-5-9-15(11-12)17(14)13-6-3-1-2-4-7-13/h12-15H,1-11,16H2/t12?,14-,15+. The minimum absolute atomic E-state index is 0.493. The van der Waals surface area contributed by atoms with Crippen LogP contribution in [0.5, 0.6) is 0 Å². The van der Waals surface area contributed by atoms with Gasteiger partial charge in [-0.2, -0.15) is 0 Å². The number of nitrogens with zero attached hydrogens (tertiary/aromatic N) is 1. The van der Waals surface area contributed by atoms with Crippen LogP contribution in [-0.2, 0) is 0 Å². The van der Waals surface area contributed by atoms with E-state index in [0.717, 1.165) is 18.1 Å². The Kier molecular flexibility index (Phi) is 3.72. The van der Waals surface area contributed by atoms with Gasteiger partial charge in [-0.15, -0.1) is 0 Å². The van der Waals surface area contributed by atoms with E-state index in [2.05, 4.69) is 4.90 Å². The van der Waals surface area contributed by atoms with Crippen LogP contribution in [0, 0.1) is 0 Å². The zero-order chi connectivity index (χ0) is 11.7. The highest BCUT2D eigenvalue weighted by Gasteiger charge is 2.40. The van der Waals surface area contributed by atoms with Gasteiger partial charge >= 0.3 is 0 Å². The van der Waals surface area contributed by atoms with Gasteiger partial charge in [0.1, 0.15) is 0 Å². The normalized spacial score (nSPS) is 41.1. The molecule has 0 aromatic heterocycles. The Bertz CT molecular complexity index is 231. The maximum atomic E-state index is 6.22. The quantitative estimate of drug-likeness (QED) is 0.709. The number of piperidine rings is 2. The third-order valence-corrected chi connectivity index (χ3v) is 5.31. The van der Waals surface area contributed by atoms with Crippen molar-refractivity contribution in [1.82, 2.24) is 4.90 Å². The van der Waals surface area contributed by atoms with Gasteiger partial charge in [-0.05, 0) is 38.5 Å². The summed E-state index contributed by atoms with van der Waals surface area (Å²) >= 11 is 0. The van der Waals surface area contributed by atoms with Crippen molar-refractivity contribution in [1.29, 1.82) is 0 Å². The van der Waals surface area contributed by atoms with Crippen molar-refractivity contribution in [3.63, 3.8) is 0 Å². The molecule has 2 saturated heterocycles. The van der Waals surface area contributed by atoms with E-state index in [9.17, 15) is 0 Å².